The molecule has 0 saturated heterocycles. The van der Waals surface area contributed by atoms with Gasteiger partial charge in [-0.25, -0.2) is 4.79 Å². The molecule has 2 N–H and O–H groups in total. The van der Waals surface area contributed by atoms with E-state index in [4.69, 9.17) is 5.11 Å². The van der Waals surface area contributed by atoms with Gasteiger partial charge in [-0.15, -0.1) is 0 Å². The van der Waals surface area contributed by atoms with Gasteiger partial charge in [0.1, 0.15) is 0 Å². The Bertz CT molecular complexity index is 576. The molecule has 0 atom stereocenters. The van der Waals surface area contributed by atoms with Gasteiger partial charge in [0.05, 0.1) is 0 Å². The summed E-state index contributed by atoms with van der Waals surface area (Å²) in [5.74, 6) is -0.965. The highest BCUT2D eigenvalue weighted by atomic mass is 16.4. The summed E-state index contributed by atoms with van der Waals surface area (Å²) in [5, 5.41) is 11.6. The number of carboxylic acids is 1. The minimum Gasteiger partial charge on any atom is -0.478 e. The smallest absolute Gasteiger partial charge is 0.329 e. The largest absolute Gasteiger partial charge is 0.478 e. The normalized spacial score (nSPS) is 10.5. The molecule has 2 aromatic rings. The molecule has 0 aliphatic heterocycles. The monoisotopic (exact) mass is 253 g/mol. The van der Waals surface area contributed by atoms with E-state index in [9.17, 15) is 4.79 Å². The van der Waals surface area contributed by atoms with Crippen LogP contribution in [0.25, 0.3) is 0 Å². The average molecular weight is 253 g/mol. The van der Waals surface area contributed by atoms with Crippen LogP contribution in [-0.2, 0) is 11.2 Å². The predicted octanol–water partition coefficient (Wildman–Crippen LogP) is 3.29. The average Bonchev–Trinajstić information content (AvgIpc) is 2.41. The molecule has 0 saturated carbocycles. The number of aliphatic carboxylic acids is 1. The van der Waals surface area contributed by atoms with E-state index in [0.717, 1.165) is 23.7 Å². The summed E-state index contributed by atoms with van der Waals surface area (Å²) in [7, 11) is 0. The standard InChI is InChI=1S/C16H15NO2/c18-16(19)10-11-17-15-9-5-4-8-14(15)12-13-6-2-1-3-7-13/h1-11,17H,12H2,(H,18,19)/b11-10+. The van der Waals surface area contributed by atoms with Gasteiger partial charge >= 0.3 is 5.97 Å². The first kappa shape index (κ1) is 12.9. The van der Waals surface area contributed by atoms with Gasteiger partial charge in [-0.2, -0.15) is 0 Å². The van der Waals surface area contributed by atoms with Gasteiger partial charge in [-0.3, -0.25) is 0 Å². The van der Waals surface area contributed by atoms with Crippen LogP contribution < -0.4 is 5.32 Å². The van der Waals surface area contributed by atoms with E-state index in [-0.39, 0.29) is 0 Å². The highest BCUT2D eigenvalue weighted by molar-refractivity contribution is 5.80. The lowest BCUT2D eigenvalue weighted by atomic mass is 10.0. The van der Waals surface area contributed by atoms with Crippen LogP contribution in [0, 0.1) is 0 Å². The molecule has 2 rings (SSSR count). The number of hydrogen-bond donors (Lipinski definition) is 2. The molecule has 3 heteroatoms. The number of para-hydroxylation sites is 1. The molecule has 0 amide bonds. The van der Waals surface area contributed by atoms with Crippen LogP contribution in [0.2, 0.25) is 0 Å². The highest BCUT2D eigenvalue weighted by Crippen LogP contribution is 2.18. The van der Waals surface area contributed by atoms with Crippen molar-refractivity contribution in [1.82, 2.24) is 0 Å². The van der Waals surface area contributed by atoms with Gasteiger partial charge in [-0.1, -0.05) is 48.5 Å². The van der Waals surface area contributed by atoms with E-state index in [1.165, 1.54) is 11.8 Å². The maximum absolute atomic E-state index is 10.4. The van der Waals surface area contributed by atoms with Crippen LogP contribution in [0.1, 0.15) is 11.1 Å². The molecule has 0 aliphatic carbocycles. The highest BCUT2D eigenvalue weighted by Gasteiger charge is 2.01. The molecular formula is C16H15NO2. The lowest BCUT2D eigenvalue weighted by Gasteiger charge is -2.09. The second-order valence-electron chi connectivity index (χ2n) is 4.14. The Morgan fingerprint density at radius 3 is 2.47 bits per heavy atom. The summed E-state index contributed by atoms with van der Waals surface area (Å²) in [6.45, 7) is 0. The van der Waals surface area contributed by atoms with Gasteiger partial charge < -0.3 is 10.4 Å². The van der Waals surface area contributed by atoms with Gasteiger partial charge in [0.15, 0.2) is 0 Å². The van der Waals surface area contributed by atoms with Gasteiger partial charge in [0.2, 0.25) is 0 Å². The zero-order valence-corrected chi connectivity index (χ0v) is 10.4. The number of anilines is 1. The van der Waals surface area contributed by atoms with E-state index >= 15 is 0 Å². The van der Waals surface area contributed by atoms with Gasteiger partial charge in [0, 0.05) is 18.0 Å². The summed E-state index contributed by atoms with van der Waals surface area (Å²) in [6.07, 6.45) is 3.33. The Balaban J connectivity index is 2.14. The van der Waals surface area contributed by atoms with Crippen LogP contribution in [0.5, 0.6) is 0 Å². The second-order valence-corrected chi connectivity index (χ2v) is 4.14. The summed E-state index contributed by atoms with van der Waals surface area (Å²) in [6, 6.07) is 18.0. The Labute approximate surface area is 112 Å². The number of carboxylic acid groups (broad SMARTS) is 1. The predicted molar refractivity (Wildman–Crippen MR) is 76.1 cm³/mol. The fourth-order valence-corrected chi connectivity index (χ4v) is 1.83. The quantitative estimate of drug-likeness (QED) is 0.804. The van der Waals surface area contributed by atoms with Crippen LogP contribution >= 0.6 is 0 Å². The minimum atomic E-state index is -0.965. The number of benzene rings is 2. The van der Waals surface area contributed by atoms with E-state index in [1.54, 1.807) is 0 Å². The maximum atomic E-state index is 10.4. The summed E-state index contributed by atoms with van der Waals surface area (Å²) in [4.78, 5) is 10.4. The first-order valence-corrected chi connectivity index (χ1v) is 6.03. The van der Waals surface area contributed by atoms with Crippen molar-refractivity contribution in [3.05, 3.63) is 78.0 Å². The Kier molecular flexibility index (Phi) is 4.34. The Morgan fingerprint density at radius 2 is 1.74 bits per heavy atom. The zero-order valence-electron chi connectivity index (χ0n) is 10.4. The Hall–Kier alpha value is -2.55. The zero-order chi connectivity index (χ0) is 13.5. The van der Waals surface area contributed by atoms with E-state index in [0.29, 0.717) is 0 Å². The molecule has 0 spiro atoms. The molecule has 0 aliphatic rings. The van der Waals surface area contributed by atoms with E-state index in [2.05, 4.69) is 17.4 Å². The third kappa shape index (κ3) is 4.00. The molecule has 0 aromatic heterocycles. The summed E-state index contributed by atoms with van der Waals surface area (Å²) < 4.78 is 0. The molecule has 0 bridgehead atoms. The molecule has 0 radical (unpaired) electrons. The first-order valence-electron chi connectivity index (χ1n) is 6.03. The third-order valence-electron chi connectivity index (χ3n) is 2.72. The lowest BCUT2D eigenvalue weighted by molar-refractivity contribution is -0.131. The molecular weight excluding hydrogens is 238 g/mol. The molecule has 0 heterocycles. The fourth-order valence-electron chi connectivity index (χ4n) is 1.83. The summed E-state index contributed by atoms with van der Waals surface area (Å²) in [5.41, 5.74) is 3.27. The molecule has 96 valence electrons. The Morgan fingerprint density at radius 1 is 1.05 bits per heavy atom. The second kappa shape index (κ2) is 6.40. The van der Waals surface area contributed by atoms with Crippen molar-refractivity contribution in [2.45, 2.75) is 6.42 Å². The summed E-state index contributed by atoms with van der Waals surface area (Å²) >= 11 is 0. The molecule has 3 nitrogen and oxygen atoms in total. The molecule has 19 heavy (non-hydrogen) atoms. The number of rotatable bonds is 5. The lowest BCUT2D eigenvalue weighted by Crippen LogP contribution is -1.97. The van der Waals surface area contributed by atoms with Crippen LogP contribution in [0.4, 0.5) is 5.69 Å². The minimum absolute atomic E-state index is 0.810. The molecule has 0 fully saturated rings. The number of nitrogens with one attached hydrogen (secondary N) is 1. The van der Waals surface area contributed by atoms with Crippen LogP contribution in [0.15, 0.2) is 66.9 Å². The van der Waals surface area contributed by atoms with Crippen molar-refractivity contribution < 1.29 is 9.90 Å². The van der Waals surface area contributed by atoms with Crippen molar-refractivity contribution in [1.29, 1.82) is 0 Å². The van der Waals surface area contributed by atoms with Crippen LogP contribution in [-0.4, -0.2) is 11.1 Å². The van der Waals surface area contributed by atoms with E-state index < -0.39 is 5.97 Å². The van der Waals surface area contributed by atoms with Crippen molar-refractivity contribution in [2.24, 2.45) is 0 Å². The van der Waals surface area contributed by atoms with Gasteiger partial charge in [0.25, 0.3) is 0 Å². The molecule has 0 unspecified atom stereocenters. The number of hydrogen-bond acceptors (Lipinski definition) is 2. The van der Waals surface area contributed by atoms with Crippen molar-refractivity contribution in [2.75, 3.05) is 5.32 Å². The van der Waals surface area contributed by atoms with Crippen LogP contribution in [0.3, 0.4) is 0 Å². The number of carbonyl (C=O) groups is 1. The maximum Gasteiger partial charge on any atom is 0.329 e. The van der Waals surface area contributed by atoms with E-state index in [1.807, 2.05) is 42.5 Å². The van der Waals surface area contributed by atoms with Crippen molar-refractivity contribution in [3.63, 3.8) is 0 Å². The van der Waals surface area contributed by atoms with Crippen molar-refractivity contribution >= 4 is 11.7 Å². The SMILES string of the molecule is O=C(O)/C=C/Nc1ccccc1Cc1ccccc1. The fraction of sp³-hybridized carbons (Fsp3) is 0.0625. The van der Waals surface area contributed by atoms with Crippen molar-refractivity contribution in [3.8, 4) is 0 Å². The first-order chi connectivity index (χ1) is 9.25. The molecule has 2 aromatic carbocycles. The van der Waals surface area contributed by atoms with Gasteiger partial charge in [-0.05, 0) is 23.6 Å². The topological polar surface area (TPSA) is 49.3 Å². The third-order valence-corrected chi connectivity index (χ3v) is 2.72.